The lowest BCUT2D eigenvalue weighted by Gasteiger charge is -2.10. The van der Waals surface area contributed by atoms with Crippen LogP contribution in [0.1, 0.15) is 18.1 Å². The zero-order chi connectivity index (χ0) is 15.2. The number of hydrogen-bond acceptors (Lipinski definition) is 2. The van der Waals surface area contributed by atoms with Gasteiger partial charge in [0.2, 0.25) is 0 Å². The minimum absolute atomic E-state index is 0.272. The van der Waals surface area contributed by atoms with Gasteiger partial charge in [0, 0.05) is 15.5 Å². The molecule has 2 aromatic rings. The van der Waals surface area contributed by atoms with Crippen LogP contribution in [0.25, 0.3) is 0 Å². The lowest BCUT2D eigenvalue weighted by Crippen LogP contribution is -2.12. The normalized spacial score (nSPS) is 10.7. The third-order valence-corrected chi connectivity index (χ3v) is 4.14. The molecule has 0 amide bonds. The summed E-state index contributed by atoms with van der Waals surface area (Å²) in [7, 11) is 0. The molecule has 0 heterocycles. The zero-order valence-electron chi connectivity index (χ0n) is 11.6. The van der Waals surface area contributed by atoms with E-state index in [-0.39, 0.29) is 5.82 Å². The maximum atomic E-state index is 13.3. The number of ether oxygens (including phenoxy) is 1. The Morgan fingerprint density at radius 3 is 2.67 bits per heavy atom. The molecule has 0 saturated carbocycles. The minimum atomic E-state index is -0.272. The average molecular weight is 417 g/mol. The Morgan fingerprint density at radius 1 is 1.14 bits per heavy atom. The number of rotatable bonds is 6. The molecule has 1 N–H and O–H groups in total. The van der Waals surface area contributed by atoms with Crippen molar-refractivity contribution in [2.24, 2.45) is 0 Å². The highest BCUT2D eigenvalue weighted by atomic mass is 79.9. The number of benzene rings is 2. The summed E-state index contributed by atoms with van der Waals surface area (Å²) in [4.78, 5) is 0. The van der Waals surface area contributed by atoms with Crippen molar-refractivity contribution >= 4 is 31.9 Å². The van der Waals surface area contributed by atoms with Gasteiger partial charge in [-0.3, -0.25) is 0 Å². The van der Waals surface area contributed by atoms with E-state index in [1.165, 1.54) is 12.1 Å². The summed E-state index contributed by atoms with van der Waals surface area (Å²) in [5, 5.41) is 3.28. The van der Waals surface area contributed by atoms with Crippen molar-refractivity contribution in [1.29, 1.82) is 0 Å². The fourth-order valence-corrected chi connectivity index (χ4v) is 2.80. The second-order valence-corrected chi connectivity index (χ2v) is 6.37. The van der Waals surface area contributed by atoms with Crippen molar-refractivity contribution < 1.29 is 9.13 Å². The van der Waals surface area contributed by atoms with Gasteiger partial charge >= 0.3 is 0 Å². The molecule has 0 unspecified atom stereocenters. The van der Waals surface area contributed by atoms with Crippen LogP contribution in [0, 0.1) is 5.82 Å². The predicted molar refractivity (Wildman–Crippen MR) is 90.0 cm³/mol. The third kappa shape index (κ3) is 5.09. The van der Waals surface area contributed by atoms with Gasteiger partial charge in [-0.25, -0.2) is 4.39 Å². The van der Waals surface area contributed by atoms with Gasteiger partial charge in [0.25, 0.3) is 0 Å². The Morgan fingerprint density at radius 2 is 1.95 bits per heavy atom. The van der Waals surface area contributed by atoms with E-state index in [0.29, 0.717) is 11.1 Å². The van der Waals surface area contributed by atoms with Crippen molar-refractivity contribution in [1.82, 2.24) is 5.32 Å². The van der Waals surface area contributed by atoms with Gasteiger partial charge in [-0.15, -0.1) is 0 Å². The first-order chi connectivity index (χ1) is 10.1. The Bertz CT molecular complexity index is 599. The molecule has 0 spiro atoms. The Hall–Kier alpha value is -0.910. The Balaban J connectivity index is 2.05. The standard InChI is InChI=1S/C16H16Br2FNO/c1-2-20-9-12-7-15(3-4-16(12)18)21-10-11-5-13(17)8-14(19)6-11/h3-8,20H,2,9-10H2,1H3. The van der Waals surface area contributed by atoms with Gasteiger partial charge < -0.3 is 10.1 Å². The van der Waals surface area contributed by atoms with Crippen LogP contribution >= 0.6 is 31.9 Å². The molecule has 0 aliphatic carbocycles. The largest absolute Gasteiger partial charge is 0.489 e. The SMILES string of the molecule is CCNCc1cc(OCc2cc(F)cc(Br)c2)ccc1Br. The molecule has 5 heteroatoms. The summed E-state index contributed by atoms with van der Waals surface area (Å²) in [5.74, 6) is 0.498. The van der Waals surface area contributed by atoms with Crippen molar-refractivity contribution in [3.05, 3.63) is 62.3 Å². The van der Waals surface area contributed by atoms with E-state index >= 15 is 0 Å². The highest BCUT2D eigenvalue weighted by Crippen LogP contribution is 2.24. The second kappa shape index (κ2) is 7.92. The molecular formula is C16H16Br2FNO. The second-order valence-electron chi connectivity index (χ2n) is 4.60. The van der Waals surface area contributed by atoms with E-state index in [4.69, 9.17) is 4.74 Å². The van der Waals surface area contributed by atoms with Gasteiger partial charge in [-0.1, -0.05) is 38.8 Å². The van der Waals surface area contributed by atoms with Crippen LogP contribution in [0.2, 0.25) is 0 Å². The molecule has 0 atom stereocenters. The molecule has 112 valence electrons. The lowest BCUT2D eigenvalue weighted by molar-refractivity contribution is 0.305. The molecule has 0 aliphatic rings. The van der Waals surface area contributed by atoms with Crippen LogP contribution in [-0.2, 0) is 13.2 Å². The van der Waals surface area contributed by atoms with Crippen LogP contribution < -0.4 is 10.1 Å². The van der Waals surface area contributed by atoms with Crippen LogP contribution in [0.15, 0.2) is 45.3 Å². The van der Waals surface area contributed by atoms with Crippen LogP contribution in [0.4, 0.5) is 4.39 Å². The summed E-state index contributed by atoms with van der Waals surface area (Å²) in [5.41, 5.74) is 1.92. The van der Waals surface area contributed by atoms with E-state index in [1.807, 2.05) is 24.3 Å². The molecule has 0 radical (unpaired) electrons. The first-order valence-corrected chi connectivity index (χ1v) is 8.24. The van der Waals surface area contributed by atoms with Crippen molar-refractivity contribution in [3.8, 4) is 5.75 Å². The number of hydrogen-bond donors (Lipinski definition) is 1. The van der Waals surface area contributed by atoms with Crippen molar-refractivity contribution in [2.75, 3.05) is 6.54 Å². The Labute approximate surface area is 141 Å². The van der Waals surface area contributed by atoms with Gasteiger partial charge in [-0.05, 0) is 54.1 Å². The van der Waals surface area contributed by atoms with E-state index < -0.39 is 0 Å². The molecule has 0 aromatic heterocycles. The van der Waals surface area contributed by atoms with Gasteiger partial charge in [0.1, 0.15) is 18.2 Å². The summed E-state index contributed by atoms with van der Waals surface area (Å²) < 4.78 is 20.8. The third-order valence-electron chi connectivity index (χ3n) is 2.91. The summed E-state index contributed by atoms with van der Waals surface area (Å²) in [6.07, 6.45) is 0. The lowest BCUT2D eigenvalue weighted by atomic mass is 10.2. The van der Waals surface area contributed by atoms with Gasteiger partial charge in [0.15, 0.2) is 0 Å². The molecule has 2 rings (SSSR count). The highest BCUT2D eigenvalue weighted by molar-refractivity contribution is 9.10. The monoisotopic (exact) mass is 415 g/mol. The quantitative estimate of drug-likeness (QED) is 0.712. The average Bonchev–Trinajstić information content (AvgIpc) is 2.44. The van der Waals surface area contributed by atoms with Crippen molar-refractivity contribution in [2.45, 2.75) is 20.1 Å². The summed E-state index contributed by atoms with van der Waals surface area (Å²) >= 11 is 6.80. The zero-order valence-corrected chi connectivity index (χ0v) is 14.8. The maximum absolute atomic E-state index is 13.3. The fraction of sp³-hybridized carbons (Fsp3) is 0.250. The van der Waals surface area contributed by atoms with E-state index in [0.717, 1.165) is 34.4 Å². The number of nitrogens with one attached hydrogen (secondary N) is 1. The first-order valence-electron chi connectivity index (χ1n) is 6.65. The van der Waals surface area contributed by atoms with E-state index in [9.17, 15) is 4.39 Å². The summed E-state index contributed by atoms with van der Waals surface area (Å²) in [6.45, 7) is 4.09. The first kappa shape index (κ1) is 16.5. The van der Waals surface area contributed by atoms with Gasteiger partial charge in [-0.2, -0.15) is 0 Å². The molecule has 0 bridgehead atoms. The molecule has 2 nitrogen and oxygen atoms in total. The predicted octanol–water partition coefficient (Wildman–Crippen LogP) is 5.04. The summed E-state index contributed by atoms with van der Waals surface area (Å²) in [6, 6.07) is 10.6. The number of halogens is 3. The topological polar surface area (TPSA) is 21.3 Å². The maximum Gasteiger partial charge on any atom is 0.124 e. The molecule has 0 fully saturated rings. The van der Waals surface area contributed by atoms with Crippen LogP contribution in [0.5, 0.6) is 5.75 Å². The molecule has 21 heavy (non-hydrogen) atoms. The van der Waals surface area contributed by atoms with Gasteiger partial charge in [0.05, 0.1) is 0 Å². The van der Waals surface area contributed by atoms with Crippen LogP contribution in [-0.4, -0.2) is 6.54 Å². The van der Waals surface area contributed by atoms with E-state index in [2.05, 4.69) is 44.1 Å². The van der Waals surface area contributed by atoms with Crippen molar-refractivity contribution in [3.63, 3.8) is 0 Å². The minimum Gasteiger partial charge on any atom is -0.489 e. The smallest absolute Gasteiger partial charge is 0.124 e. The molecule has 0 aliphatic heterocycles. The highest BCUT2D eigenvalue weighted by Gasteiger charge is 2.04. The van der Waals surface area contributed by atoms with Crippen LogP contribution in [0.3, 0.4) is 0 Å². The molecular weight excluding hydrogens is 401 g/mol. The fourth-order valence-electron chi connectivity index (χ4n) is 1.90. The Kier molecular flexibility index (Phi) is 6.21. The van der Waals surface area contributed by atoms with E-state index in [1.54, 1.807) is 0 Å². The molecule has 0 saturated heterocycles. The molecule has 2 aromatic carbocycles.